The molecule has 0 atom stereocenters. The number of hydrogen-bond donors (Lipinski definition) is 0. The van der Waals surface area contributed by atoms with E-state index in [2.05, 4.69) is 4.74 Å². The van der Waals surface area contributed by atoms with E-state index < -0.39 is 18.3 Å². The Balaban J connectivity index is 0. The van der Waals surface area contributed by atoms with E-state index >= 15 is 0 Å². The van der Waals surface area contributed by atoms with Gasteiger partial charge >= 0.3 is 18.3 Å². The third-order valence-corrected chi connectivity index (χ3v) is 4.66. The third-order valence-electron chi connectivity index (χ3n) is 4.66. The number of benzene rings is 1. The Hall–Kier alpha value is -2.12. The topological polar surface area (TPSA) is 35.5 Å². The molecule has 0 spiro atoms. The van der Waals surface area contributed by atoms with Crippen molar-refractivity contribution in [1.82, 2.24) is 0 Å². The zero-order chi connectivity index (χ0) is 21.2. The predicted molar refractivity (Wildman–Crippen MR) is 110 cm³/mol. The molecular weight excluding hydrogens is 407 g/mol. The van der Waals surface area contributed by atoms with E-state index in [4.69, 9.17) is 4.74 Å². The van der Waals surface area contributed by atoms with Gasteiger partial charge in [0.25, 0.3) is 0 Å². The van der Waals surface area contributed by atoms with E-state index in [-0.39, 0.29) is 30.9 Å². The van der Waals surface area contributed by atoms with Crippen LogP contribution < -0.4 is 4.74 Å². The van der Waals surface area contributed by atoms with Crippen LogP contribution in [0, 0.1) is 11.8 Å². The highest BCUT2D eigenvalue weighted by molar-refractivity contribution is 5.86. The summed E-state index contributed by atoms with van der Waals surface area (Å²) < 4.78 is 59.3. The number of rotatable bonds is 6. The van der Waals surface area contributed by atoms with Crippen LogP contribution in [0.1, 0.15) is 52.5 Å². The number of alkyl halides is 4. The van der Waals surface area contributed by atoms with E-state index in [1.807, 2.05) is 38.1 Å². The maximum absolute atomic E-state index is 12.8. The van der Waals surface area contributed by atoms with Crippen molar-refractivity contribution >= 4 is 12.0 Å². The molecule has 1 aliphatic rings. The van der Waals surface area contributed by atoms with Crippen molar-refractivity contribution in [1.29, 1.82) is 0 Å². The number of ether oxygens (including phenoxy) is 2. The summed E-state index contributed by atoms with van der Waals surface area (Å²) in [6, 6.07) is 7.48. The van der Waals surface area contributed by atoms with Crippen LogP contribution in [0.15, 0.2) is 30.3 Å². The minimum absolute atomic E-state index is 0. The molecule has 1 aliphatic carbocycles. The SMILES string of the molecule is C.CC1CCC(C(F)(F)C(F)F)CC1.CCOc1ccc(/C=C/C(=O)OC)cc1.F. The Labute approximate surface area is 175 Å². The van der Waals surface area contributed by atoms with Crippen molar-refractivity contribution in [2.75, 3.05) is 13.7 Å². The number of halogens is 5. The van der Waals surface area contributed by atoms with Gasteiger partial charge in [-0.1, -0.05) is 39.3 Å². The molecule has 0 heterocycles. The first-order valence-corrected chi connectivity index (χ1v) is 9.35. The Bertz CT molecular complexity index is 610. The lowest BCUT2D eigenvalue weighted by molar-refractivity contribution is -0.173. The van der Waals surface area contributed by atoms with Gasteiger partial charge in [0.2, 0.25) is 0 Å². The Morgan fingerprint density at radius 1 is 1.17 bits per heavy atom. The van der Waals surface area contributed by atoms with Gasteiger partial charge in [-0.05, 0) is 49.5 Å². The Kier molecular flexibility index (Phi) is 14.8. The first-order valence-electron chi connectivity index (χ1n) is 9.35. The van der Waals surface area contributed by atoms with Gasteiger partial charge in [0.05, 0.1) is 13.7 Å². The summed E-state index contributed by atoms with van der Waals surface area (Å²) in [5.41, 5.74) is 0.934. The van der Waals surface area contributed by atoms with Crippen molar-refractivity contribution in [2.24, 2.45) is 11.8 Å². The number of carbonyl (C=O) groups excluding carboxylic acids is 1. The van der Waals surface area contributed by atoms with Crippen LogP contribution in [0.4, 0.5) is 22.3 Å². The van der Waals surface area contributed by atoms with Gasteiger partial charge in [-0.3, -0.25) is 4.70 Å². The molecule has 3 nitrogen and oxygen atoms in total. The maximum Gasteiger partial charge on any atom is 0.330 e. The summed E-state index contributed by atoms with van der Waals surface area (Å²) >= 11 is 0. The zero-order valence-electron chi connectivity index (χ0n) is 16.9. The quantitative estimate of drug-likeness (QED) is 0.278. The molecule has 2 rings (SSSR count). The summed E-state index contributed by atoms with van der Waals surface area (Å²) in [6.45, 7) is 4.55. The number of methoxy groups -OCH3 is 1. The molecule has 0 radical (unpaired) electrons. The summed E-state index contributed by atoms with van der Waals surface area (Å²) in [4.78, 5) is 10.8. The number of carbonyl (C=O) groups is 1. The smallest absolute Gasteiger partial charge is 0.330 e. The van der Waals surface area contributed by atoms with Crippen molar-refractivity contribution in [2.45, 2.75) is 59.3 Å². The molecule has 1 aromatic carbocycles. The Morgan fingerprint density at radius 3 is 2.13 bits per heavy atom. The highest BCUT2D eigenvalue weighted by Crippen LogP contribution is 2.41. The van der Waals surface area contributed by atoms with Crippen LogP contribution in [0.3, 0.4) is 0 Å². The molecule has 1 aromatic rings. The molecule has 8 heteroatoms. The fraction of sp³-hybridized carbons (Fsp3) is 0.591. The van der Waals surface area contributed by atoms with E-state index in [0.717, 1.165) is 11.3 Å². The second-order valence-corrected chi connectivity index (χ2v) is 6.79. The number of hydrogen-bond acceptors (Lipinski definition) is 3. The molecule has 0 unspecified atom stereocenters. The molecule has 174 valence electrons. The largest absolute Gasteiger partial charge is 0.494 e. The highest BCUT2D eigenvalue weighted by atomic mass is 19.3. The molecule has 1 saturated carbocycles. The summed E-state index contributed by atoms with van der Waals surface area (Å²) in [5, 5.41) is 0. The number of esters is 1. The van der Waals surface area contributed by atoms with Gasteiger partial charge in [-0.2, -0.15) is 8.78 Å². The molecule has 0 bridgehead atoms. The van der Waals surface area contributed by atoms with E-state index in [1.165, 1.54) is 13.2 Å². The standard InChI is InChI=1S/C12H14O3.C9H14F4.CH4.FH/c1-3-15-11-7-4-10(5-8-11)6-9-12(13)14-2;1-6-2-4-7(5-3-6)9(12,13)8(10)11;;/h4-9H,3H2,1-2H3;6-8H,2-5H2,1H3;1H4;1H/b9-6+;;;. The van der Waals surface area contributed by atoms with Crippen LogP contribution in [0.5, 0.6) is 5.75 Å². The lowest BCUT2D eigenvalue weighted by Gasteiger charge is -2.31. The fourth-order valence-corrected chi connectivity index (χ4v) is 2.90. The second-order valence-electron chi connectivity index (χ2n) is 6.79. The lowest BCUT2D eigenvalue weighted by atomic mass is 9.80. The molecular formula is C22H33F5O3. The first kappa shape index (κ1) is 30.1. The van der Waals surface area contributed by atoms with Crippen molar-refractivity contribution in [3.8, 4) is 5.75 Å². The molecule has 0 aromatic heterocycles. The monoisotopic (exact) mass is 440 g/mol. The van der Waals surface area contributed by atoms with Gasteiger partial charge in [0.15, 0.2) is 0 Å². The molecule has 0 aliphatic heterocycles. The highest BCUT2D eigenvalue weighted by Gasteiger charge is 2.48. The summed E-state index contributed by atoms with van der Waals surface area (Å²) in [7, 11) is 1.35. The van der Waals surface area contributed by atoms with Gasteiger partial charge in [0.1, 0.15) is 5.75 Å². The minimum Gasteiger partial charge on any atom is -0.494 e. The molecule has 0 N–H and O–H groups in total. The van der Waals surface area contributed by atoms with Crippen molar-refractivity contribution in [3.05, 3.63) is 35.9 Å². The maximum atomic E-state index is 12.8. The van der Waals surface area contributed by atoms with Crippen molar-refractivity contribution in [3.63, 3.8) is 0 Å². The normalized spacial score (nSPS) is 18.5. The van der Waals surface area contributed by atoms with Crippen LogP contribution in [-0.2, 0) is 9.53 Å². The van der Waals surface area contributed by atoms with Gasteiger partial charge in [-0.25, -0.2) is 13.6 Å². The predicted octanol–water partition coefficient (Wildman–Crippen LogP) is 6.77. The average molecular weight is 440 g/mol. The van der Waals surface area contributed by atoms with Crippen LogP contribution in [-0.4, -0.2) is 32.0 Å². The van der Waals surface area contributed by atoms with Gasteiger partial charge < -0.3 is 9.47 Å². The van der Waals surface area contributed by atoms with Crippen LogP contribution in [0.2, 0.25) is 0 Å². The van der Waals surface area contributed by atoms with E-state index in [9.17, 15) is 22.4 Å². The van der Waals surface area contributed by atoms with Crippen LogP contribution in [0.25, 0.3) is 6.08 Å². The fourth-order valence-electron chi connectivity index (χ4n) is 2.90. The minimum atomic E-state index is -3.78. The zero-order valence-corrected chi connectivity index (χ0v) is 16.9. The van der Waals surface area contributed by atoms with Crippen molar-refractivity contribution < 1.29 is 36.5 Å². The molecule has 1 fully saturated rings. The second kappa shape index (κ2) is 14.8. The third kappa shape index (κ3) is 10.1. The van der Waals surface area contributed by atoms with Gasteiger partial charge in [-0.15, -0.1) is 0 Å². The lowest BCUT2D eigenvalue weighted by Crippen LogP contribution is -2.37. The molecule has 0 saturated heterocycles. The Morgan fingerprint density at radius 2 is 1.70 bits per heavy atom. The summed E-state index contributed by atoms with van der Waals surface area (Å²) in [6.07, 6.45) is 1.33. The molecule has 30 heavy (non-hydrogen) atoms. The first-order chi connectivity index (χ1) is 13.2. The van der Waals surface area contributed by atoms with Gasteiger partial charge in [0, 0.05) is 12.0 Å². The summed E-state index contributed by atoms with van der Waals surface area (Å²) in [5.74, 6) is -4.01. The van der Waals surface area contributed by atoms with Crippen LogP contribution >= 0.6 is 0 Å². The van der Waals surface area contributed by atoms with E-state index in [0.29, 0.717) is 25.4 Å². The molecule has 0 amide bonds. The average Bonchev–Trinajstić information content (AvgIpc) is 2.68. The van der Waals surface area contributed by atoms with E-state index in [1.54, 1.807) is 6.08 Å².